The number of carbonyl (C=O) groups is 1. The summed E-state index contributed by atoms with van der Waals surface area (Å²) in [7, 11) is 2.17. The lowest BCUT2D eigenvalue weighted by atomic mass is 9.84. The van der Waals surface area contributed by atoms with E-state index in [1.807, 2.05) is 0 Å². The maximum absolute atomic E-state index is 12.7. The van der Waals surface area contributed by atoms with Crippen LogP contribution < -0.4 is 5.32 Å². The monoisotopic (exact) mass is 281 g/mol. The van der Waals surface area contributed by atoms with Crippen molar-refractivity contribution < 1.29 is 4.79 Å². The molecule has 2 fully saturated rings. The van der Waals surface area contributed by atoms with Gasteiger partial charge in [-0.3, -0.25) is 4.79 Å². The number of nitrogens with one attached hydrogen (secondary N) is 1. The van der Waals surface area contributed by atoms with Crippen LogP contribution in [0.25, 0.3) is 0 Å². The molecule has 4 nitrogen and oxygen atoms in total. The van der Waals surface area contributed by atoms with Crippen molar-refractivity contribution in [1.29, 1.82) is 0 Å². The molecular formula is C16H31N3O. The van der Waals surface area contributed by atoms with Gasteiger partial charge >= 0.3 is 0 Å². The molecule has 0 aromatic carbocycles. The van der Waals surface area contributed by atoms with Crippen molar-refractivity contribution in [3.63, 3.8) is 0 Å². The highest BCUT2D eigenvalue weighted by Crippen LogP contribution is 2.28. The fraction of sp³-hybridized carbons (Fsp3) is 0.938. The molecule has 0 aliphatic carbocycles. The summed E-state index contributed by atoms with van der Waals surface area (Å²) in [6.45, 7) is 11.7. The van der Waals surface area contributed by atoms with E-state index in [0.29, 0.717) is 17.9 Å². The largest absolute Gasteiger partial charge is 0.337 e. The molecule has 2 aliphatic heterocycles. The van der Waals surface area contributed by atoms with Crippen molar-refractivity contribution in [3.8, 4) is 0 Å². The zero-order chi connectivity index (χ0) is 14.8. The second-order valence-electron chi connectivity index (χ2n) is 7.62. The smallest absolute Gasteiger partial charge is 0.223 e. The van der Waals surface area contributed by atoms with Gasteiger partial charge in [0, 0.05) is 32.1 Å². The van der Waals surface area contributed by atoms with Crippen molar-refractivity contribution in [2.75, 3.05) is 39.8 Å². The van der Waals surface area contributed by atoms with Crippen LogP contribution in [0.1, 0.15) is 40.0 Å². The van der Waals surface area contributed by atoms with Gasteiger partial charge in [-0.2, -0.15) is 0 Å². The molecule has 2 saturated heterocycles. The number of amides is 1. The van der Waals surface area contributed by atoms with Crippen LogP contribution in [0.2, 0.25) is 0 Å². The van der Waals surface area contributed by atoms with Crippen molar-refractivity contribution in [1.82, 2.24) is 15.1 Å². The summed E-state index contributed by atoms with van der Waals surface area (Å²) in [6, 6.07) is 0.329. The van der Waals surface area contributed by atoms with Crippen LogP contribution in [0.3, 0.4) is 0 Å². The van der Waals surface area contributed by atoms with E-state index in [2.05, 4.69) is 42.9 Å². The summed E-state index contributed by atoms with van der Waals surface area (Å²) < 4.78 is 0. The van der Waals surface area contributed by atoms with Crippen molar-refractivity contribution in [3.05, 3.63) is 0 Å². The van der Waals surface area contributed by atoms with E-state index in [1.54, 1.807) is 0 Å². The normalized spacial score (nSPS) is 26.8. The molecule has 0 spiro atoms. The van der Waals surface area contributed by atoms with Gasteiger partial charge in [0.25, 0.3) is 0 Å². The van der Waals surface area contributed by atoms with Crippen molar-refractivity contribution >= 4 is 5.91 Å². The molecule has 4 heteroatoms. The predicted molar refractivity (Wildman–Crippen MR) is 82.7 cm³/mol. The van der Waals surface area contributed by atoms with Crippen LogP contribution in [0.4, 0.5) is 0 Å². The zero-order valence-corrected chi connectivity index (χ0v) is 13.6. The molecule has 0 bridgehead atoms. The highest BCUT2D eigenvalue weighted by molar-refractivity contribution is 5.77. The first-order chi connectivity index (χ1) is 9.38. The number of hydrogen-bond acceptors (Lipinski definition) is 3. The lowest BCUT2D eigenvalue weighted by Gasteiger charge is -2.44. The van der Waals surface area contributed by atoms with Gasteiger partial charge in [0.15, 0.2) is 0 Å². The molecule has 0 radical (unpaired) electrons. The Morgan fingerprint density at radius 3 is 2.45 bits per heavy atom. The van der Waals surface area contributed by atoms with E-state index in [9.17, 15) is 4.79 Å². The zero-order valence-electron chi connectivity index (χ0n) is 13.6. The van der Waals surface area contributed by atoms with Gasteiger partial charge in [-0.25, -0.2) is 0 Å². The van der Waals surface area contributed by atoms with Crippen LogP contribution in [0.15, 0.2) is 0 Å². The lowest BCUT2D eigenvalue weighted by molar-refractivity contribution is -0.138. The molecule has 0 aromatic rings. The SMILES string of the molecule is CN1CCC(CC(=O)N2CCNC[C@@H]2C(C)(C)C)CC1. The Labute approximate surface area is 123 Å². The fourth-order valence-electron chi connectivity index (χ4n) is 3.41. The summed E-state index contributed by atoms with van der Waals surface area (Å²) in [5.74, 6) is 0.968. The van der Waals surface area contributed by atoms with E-state index in [4.69, 9.17) is 0 Å². The molecule has 2 aliphatic rings. The Bertz CT molecular complexity index is 329. The number of rotatable bonds is 2. The van der Waals surface area contributed by atoms with Crippen LogP contribution in [-0.2, 0) is 4.79 Å². The molecule has 0 unspecified atom stereocenters. The summed E-state index contributed by atoms with van der Waals surface area (Å²) in [4.78, 5) is 17.2. The van der Waals surface area contributed by atoms with Gasteiger partial charge in [0.1, 0.15) is 0 Å². The molecule has 116 valence electrons. The maximum Gasteiger partial charge on any atom is 0.223 e. The third kappa shape index (κ3) is 3.95. The first-order valence-corrected chi connectivity index (χ1v) is 8.06. The minimum Gasteiger partial charge on any atom is -0.337 e. The molecule has 2 rings (SSSR count). The average Bonchev–Trinajstić information content (AvgIpc) is 2.40. The van der Waals surface area contributed by atoms with Gasteiger partial charge in [-0.15, -0.1) is 0 Å². The Morgan fingerprint density at radius 1 is 1.20 bits per heavy atom. The molecule has 0 aromatic heterocycles. The first-order valence-electron chi connectivity index (χ1n) is 8.06. The Balaban J connectivity index is 1.92. The number of likely N-dealkylation sites (tertiary alicyclic amines) is 1. The first kappa shape index (κ1) is 15.8. The van der Waals surface area contributed by atoms with Crippen molar-refractivity contribution in [2.24, 2.45) is 11.3 Å². The topological polar surface area (TPSA) is 35.6 Å². The highest BCUT2D eigenvalue weighted by Gasteiger charge is 2.35. The number of hydrogen-bond donors (Lipinski definition) is 1. The van der Waals surface area contributed by atoms with E-state index in [-0.39, 0.29) is 5.41 Å². The van der Waals surface area contributed by atoms with E-state index in [0.717, 1.165) is 39.1 Å². The quantitative estimate of drug-likeness (QED) is 0.834. The third-order valence-electron chi connectivity index (χ3n) is 4.86. The predicted octanol–water partition coefficient (Wildman–Crippen LogP) is 1.56. The summed E-state index contributed by atoms with van der Waals surface area (Å²) >= 11 is 0. The molecule has 1 atom stereocenters. The van der Waals surface area contributed by atoms with E-state index < -0.39 is 0 Å². The Hall–Kier alpha value is -0.610. The molecule has 1 N–H and O–H groups in total. The number of piperidine rings is 1. The van der Waals surface area contributed by atoms with E-state index in [1.165, 1.54) is 12.8 Å². The average molecular weight is 281 g/mol. The lowest BCUT2D eigenvalue weighted by Crippen LogP contribution is -2.58. The fourth-order valence-corrected chi connectivity index (χ4v) is 3.41. The number of nitrogens with zero attached hydrogens (tertiary/aromatic N) is 2. The van der Waals surface area contributed by atoms with Crippen LogP contribution >= 0.6 is 0 Å². The maximum atomic E-state index is 12.7. The molecule has 20 heavy (non-hydrogen) atoms. The second kappa shape index (κ2) is 6.44. The van der Waals surface area contributed by atoms with Gasteiger partial charge in [-0.1, -0.05) is 20.8 Å². The summed E-state index contributed by atoms with van der Waals surface area (Å²) in [5, 5.41) is 3.44. The summed E-state index contributed by atoms with van der Waals surface area (Å²) in [5.41, 5.74) is 0.149. The van der Waals surface area contributed by atoms with Gasteiger partial charge in [0.2, 0.25) is 5.91 Å². The number of piperazine rings is 1. The molecule has 0 saturated carbocycles. The standard InChI is InChI=1S/C16H31N3O/c1-16(2,3)14-12-17-7-10-19(14)15(20)11-13-5-8-18(4)9-6-13/h13-14,17H,5-12H2,1-4H3/t14-/m1/s1. The minimum atomic E-state index is 0.149. The Kier molecular flexibility index (Phi) is 5.08. The van der Waals surface area contributed by atoms with Gasteiger partial charge in [0.05, 0.1) is 0 Å². The van der Waals surface area contributed by atoms with E-state index >= 15 is 0 Å². The number of carbonyl (C=O) groups excluding carboxylic acids is 1. The molecule has 1 amide bonds. The van der Waals surface area contributed by atoms with Crippen LogP contribution in [0.5, 0.6) is 0 Å². The Morgan fingerprint density at radius 2 is 1.85 bits per heavy atom. The summed E-state index contributed by atoms with van der Waals surface area (Å²) in [6.07, 6.45) is 3.10. The minimum absolute atomic E-state index is 0.149. The van der Waals surface area contributed by atoms with Crippen LogP contribution in [-0.4, -0.2) is 61.5 Å². The third-order valence-corrected chi connectivity index (χ3v) is 4.86. The molecular weight excluding hydrogens is 250 g/mol. The molecule has 2 heterocycles. The van der Waals surface area contributed by atoms with Crippen LogP contribution in [0, 0.1) is 11.3 Å². The second-order valence-corrected chi connectivity index (χ2v) is 7.62. The van der Waals surface area contributed by atoms with Gasteiger partial charge in [-0.05, 0) is 44.3 Å². The van der Waals surface area contributed by atoms with Gasteiger partial charge < -0.3 is 15.1 Å². The van der Waals surface area contributed by atoms with Crippen molar-refractivity contribution in [2.45, 2.75) is 46.1 Å². The highest BCUT2D eigenvalue weighted by atomic mass is 16.2.